The fraction of sp³-hybridized carbons (Fsp3) is 0.316. The minimum Gasteiger partial charge on any atom is -0.426 e. The van der Waals surface area contributed by atoms with Crippen molar-refractivity contribution in [2.24, 2.45) is 11.3 Å². The first-order chi connectivity index (χ1) is 9.88. The number of hydrogen-bond donors (Lipinski definition) is 0. The quantitative estimate of drug-likeness (QED) is 0.588. The van der Waals surface area contributed by atoms with Crippen LogP contribution < -0.4 is 4.74 Å². The fourth-order valence-electron chi connectivity index (χ4n) is 1.90. The van der Waals surface area contributed by atoms with E-state index in [4.69, 9.17) is 4.74 Å². The smallest absolute Gasteiger partial charge is 0.314 e. The van der Waals surface area contributed by atoms with E-state index in [0.717, 1.165) is 11.1 Å². The Morgan fingerprint density at radius 3 is 1.95 bits per heavy atom. The van der Waals surface area contributed by atoms with Gasteiger partial charge in [0.25, 0.3) is 0 Å². The predicted octanol–water partition coefficient (Wildman–Crippen LogP) is 4.94. The van der Waals surface area contributed by atoms with Crippen molar-refractivity contribution in [3.05, 3.63) is 54.6 Å². The minimum absolute atomic E-state index is 0.0962. The Hall–Kier alpha value is -2.09. The van der Waals surface area contributed by atoms with Crippen LogP contribution >= 0.6 is 0 Å². The van der Waals surface area contributed by atoms with Crippen LogP contribution in [0.3, 0.4) is 0 Å². The molecule has 2 aromatic rings. The van der Waals surface area contributed by atoms with Crippen molar-refractivity contribution in [3.63, 3.8) is 0 Å². The molecule has 1 unspecified atom stereocenters. The minimum atomic E-state index is -0.185. The van der Waals surface area contributed by atoms with Crippen LogP contribution in [0.1, 0.15) is 27.7 Å². The Bertz CT molecular complexity index is 592. The summed E-state index contributed by atoms with van der Waals surface area (Å²) in [7, 11) is 0. The maximum atomic E-state index is 12.1. The zero-order valence-corrected chi connectivity index (χ0v) is 13.1. The SMILES string of the molecule is CC(C(=O)Oc1ccc(-c2ccccc2)cc1)C(C)(C)C. The molecule has 2 heteroatoms. The summed E-state index contributed by atoms with van der Waals surface area (Å²) in [6.07, 6.45) is 0. The second kappa shape index (κ2) is 6.13. The maximum absolute atomic E-state index is 12.1. The van der Waals surface area contributed by atoms with Crippen molar-refractivity contribution in [2.75, 3.05) is 0 Å². The molecule has 0 bridgehead atoms. The molecule has 0 saturated heterocycles. The third-order valence-electron chi connectivity index (χ3n) is 3.83. The lowest BCUT2D eigenvalue weighted by Gasteiger charge is -2.25. The third kappa shape index (κ3) is 3.94. The Balaban J connectivity index is 2.08. The van der Waals surface area contributed by atoms with Gasteiger partial charge in [0.2, 0.25) is 0 Å². The molecular formula is C19H22O2. The van der Waals surface area contributed by atoms with E-state index in [2.05, 4.69) is 12.1 Å². The van der Waals surface area contributed by atoms with Gasteiger partial charge in [0, 0.05) is 0 Å². The molecule has 0 aromatic heterocycles. The highest BCUT2D eigenvalue weighted by molar-refractivity contribution is 5.76. The molecule has 0 amide bonds. The summed E-state index contributed by atoms with van der Waals surface area (Å²) in [4.78, 5) is 12.1. The van der Waals surface area contributed by atoms with E-state index in [9.17, 15) is 4.79 Å². The van der Waals surface area contributed by atoms with Gasteiger partial charge in [-0.25, -0.2) is 0 Å². The molecule has 21 heavy (non-hydrogen) atoms. The molecule has 0 aliphatic rings. The molecule has 2 rings (SSSR count). The topological polar surface area (TPSA) is 26.3 Å². The van der Waals surface area contributed by atoms with Crippen LogP contribution in [0.4, 0.5) is 0 Å². The Labute approximate surface area is 126 Å². The van der Waals surface area contributed by atoms with Gasteiger partial charge in [-0.05, 0) is 28.7 Å². The molecule has 0 saturated carbocycles. The number of esters is 1. The summed E-state index contributed by atoms with van der Waals surface area (Å²) < 4.78 is 5.45. The molecule has 110 valence electrons. The van der Waals surface area contributed by atoms with Gasteiger partial charge in [-0.2, -0.15) is 0 Å². The predicted molar refractivity (Wildman–Crippen MR) is 86.1 cm³/mol. The Morgan fingerprint density at radius 2 is 1.43 bits per heavy atom. The van der Waals surface area contributed by atoms with E-state index in [1.165, 1.54) is 0 Å². The van der Waals surface area contributed by atoms with Crippen LogP contribution in [0.25, 0.3) is 11.1 Å². The summed E-state index contributed by atoms with van der Waals surface area (Å²) in [5.74, 6) is 0.261. The van der Waals surface area contributed by atoms with Gasteiger partial charge in [-0.15, -0.1) is 0 Å². The lowest BCUT2D eigenvalue weighted by atomic mass is 9.82. The van der Waals surface area contributed by atoms with Crippen molar-refractivity contribution < 1.29 is 9.53 Å². The second-order valence-electron chi connectivity index (χ2n) is 6.40. The van der Waals surface area contributed by atoms with E-state index >= 15 is 0 Å². The van der Waals surface area contributed by atoms with Crippen molar-refractivity contribution >= 4 is 5.97 Å². The third-order valence-corrected chi connectivity index (χ3v) is 3.83. The first kappa shape index (κ1) is 15.3. The van der Waals surface area contributed by atoms with Gasteiger partial charge >= 0.3 is 5.97 Å². The lowest BCUT2D eigenvalue weighted by Crippen LogP contribution is -2.29. The molecule has 0 spiro atoms. The molecular weight excluding hydrogens is 260 g/mol. The number of carbonyl (C=O) groups is 1. The second-order valence-corrected chi connectivity index (χ2v) is 6.40. The van der Waals surface area contributed by atoms with Crippen molar-refractivity contribution in [1.82, 2.24) is 0 Å². The fourth-order valence-corrected chi connectivity index (χ4v) is 1.90. The van der Waals surface area contributed by atoms with Crippen LogP contribution in [-0.2, 0) is 4.79 Å². The highest BCUT2D eigenvalue weighted by Crippen LogP contribution is 2.28. The summed E-state index contributed by atoms with van der Waals surface area (Å²) in [6.45, 7) is 8.02. The number of carbonyl (C=O) groups excluding carboxylic acids is 1. The van der Waals surface area contributed by atoms with Gasteiger partial charge in [-0.3, -0.25) is 4.79 Å². The van der Waals surface area contributed by atoms with Crippen LogP contribution in [0.2, 0.25) is 0 Å². The maximum Gasteiger partial charge on any atom is 0.314 e. The Morgan fingerprint density at radius 1 is 0.905 bits per heavy atom. The molecule has 0 heterocycles. The Kier molecular flexibility index (Phi) is 4.46. The molecule has 2 nitrogen and oxygen atoms in total. The highest BCUT2D eigenvalue weighted by atomic mass is 16.5. The van der Waals surface area contributed by atoms with Gasteiger partial charge in [0.05, 0.1) is 5.92 Å². The first-order valence-corrected chi connectivity index (χ1v) is 7.25. The summed E-state index contributed by atoms with van der Waals surface area (Å²) >= 11 is 0. The van der Waals surface area contributed by atoms with Gasteiger partial charge in [0.1, 0.15) is 5.75 Å². The van der Waals surface area contributed by atoms with Crippen LogP contribution in [0.15, 0.2) is 54.6 Å². The zero-order valence-electron chi connectivity index (χ0n) is 13.1. The molecule has 0 aliphatic heterocycles. The molecule has 0 N–H and O–H groups in total. The van der Waals surface area contributed by atoms with E-state index < -0.39 is 0 Å². The number of ether oxygens (including phenoxy) is 1. The average Bonchev–Trinajstić information content (AvgIpc) is 2.47. The largest absolute Gasteiger partial charge is 0.426 e. The van der Waals surface area contributed by atoms with Crippen LogP contribution in [0.5, 0.6) is 5.75 Å². The van der Waals surface area contributed by atoms with Crippen molar-refractivity contribution in [2.45, 2.75) is 27.7 Å². The molecule has 2 aromatic carbocycles. The van der Waals surface area contributed by atoms with Crippen LogP contribution in [-0.4, -0.2) is 5.97 Å². The van der Waals surface area contributed by atoms with Crippen molar-refractivity contribution in [3.8, 4) is 16.9 Å². The number of benzene rings is 2. The van der Waals surface area contributed by atoms with E-state index in [-0.39, 0.29) is 17.3 Å². The zero-order chi connectivity index (χ0) is 15.5. The molecule has 1 atom stereocenters. The highest BCUT2D eigenvalue weighted by Gasteiger charge is 2.28. The number of hydrogen-bond acceptors (Lipinski definition) is 2. The van der Waals surface area contributed by atoms with E-state index in [0.29, 0.717) is 5.75 Å². The monoisotopic (exact) mass is 282 g/mol. The van der Waals surface area contributed by atoms with E-state index in [1.807, 2.05) is 70.2 Å². The first-order valence-electron chi connectivity index (χ1n) is 7.25. The average molecular weight is 282 g/mol. The standard InChI is InChI=1S/C19H22O2/c1-14(19(2,3)4)18(20)21-17-12-10-16(11-13-17)15-8-6-5-7-9-15/h5-14H,1-4H3. The lowest BCUT2D eigenvalue weighted by molar-refractivity contribution is -0.141. The van der Waals surface area contributed by atoms with Crippen molar-refractivity contribution in [1.29, 1.82) is 0 Å². The van der Waals surface area contributed by atoms with E-state index in [1.54, 1.807) is 0 Å². The summed E-state index contributed by atoms with van der Waals surface area (Å²) in [6, 6.07) is 17.8. The molecule has 0 aliphatic carbocycles. The summed E-state index contributed by atoms with van der Waals surface area (Å²) in [5.41, 5.74) is 2.17. The molecule has 0 fully saturated rings. The van der Waals surface area contributed by atoms with Gasteiger partial charge in [-0.1, -0.05) is 70.2 Å². The normalized spacial score (nSPS) is 12.8. The van der Waals surface area contributed by atoms with Gasteiger partial charge < -0.3 is 4.74 Å². The van der Waals surface area contributed by atoms with Crippen LogP contribution in [0, 0.1) is 11.3 Å². The summed E-state index contributed by atoms with van der Waals surface area (Å²) in [5, 5.41) is 0. The molecule has 0 radical (unpaired) electrons. The van der Waals surface area contributed by atoms with Gasteiger partial charge in [0.15, 0.2) is 0 Å². The number of rotatable bonds is 3.